The summed E-state index contributed by atoms with van der Waals surface area (Å²) in [5, 5.41) is 0. The number of benzene rings is 2. The van der Waals surface area contributed by atoms with E-state index in [9.17, 15) is 18.0 Å². The van der Waals surface area contributed by atoms with Crippen LogP contribution in [0.25, 0.3) is 0 Å². The summed E-state index contributed by atoms with van der Waals surface area (Å²) in [5.74, 6) is -0.991. The first-order valence-corrected chi connectivity index (χ1v) is 12.3. The fourth-order valence-corrected chi connectivity index (χ4v) is 5.55. The summed E-state index contributed by atoms with van der Waals surface area (Å²) in [6, 6.07) is 10.0. The number of nitrogens with zero attached hydrogens (tertiary/aromatic N) is 1. The zero-order valence-electron chi connectivity index (χ0n) is 18.1. The Morgan fingerprint density at radius 3 is 2.47 bits per heavy atom. The van der Waals surface area contributed by atoms with Crippen LogP contribution in [0.5, 0.6) is 0 Å². The summed E-state index contributed by atoms with van der Waals surface area (Å²) < 4.78 is 37.6. The molecule has 1 fully saturated rings. The minimum atomic E-state index is -3.74. The van der Waals surface area contributed by atoms with E-state index in [4.69, 9.17) is 9.47 Å². The average Bonchev–Trinajstić information content (AvgIpc) is 2.82. The molecule has 8 heteroatoms. The quantitative estimate of drug-likeness (QED) is 0.489. The van der Waals surface area contributed by atoms with Crippen molar-refractivity contribution in [2.75, 3.05) is 32.9 Å². The van der Waals surface area contributed by atoms with Gasteiger partial charge in [-0.2, -0.15) is 4.31 Å². The molecule has 0 unspecified atom stereocenters. The highest BCUT2D eigenvalue weighted by atomic mass is 32.2. The molecule has 170 valence electrons. The fraction of sp³-hybridized carbons (Fsp3) is 0.417. The molecule has 1 heterocycles. The van der Waals surface area contributed by atoms with E-state index in [0.717, 1.165) is 25.7 Å². The molecular formula is C24H27NO6S. The largest absolute Gasteiger partial charge is 0.454 e. The molecule has 0 bridgehead atoms. The maximum atomic E-state index is 12.9. The first-order chi connectivity index (χ1) is 15.4. The lowest BCUT2D eigenvalue weighted by molar-refractivity contribution is 0.0473. The molecule has 0 spiro atoms. The van der Waals surface area contributed by atoms with Gasteiger partial charge in [0.15, 0.2) is 12.4 Å². The number of morpholine rings is 1. The Labute approximate surface area is 188 Å². The molecule has 0 radical (unpaired) electrons. The van der Waals surface area contributed by atoms with Gasteiger partial charge < -0.3 is 9.47 Å². The molecule has 1 aliphatic carbocycles. The van der Waals surface area contributed by atoms with Crippen LogP contribution in [0.1, 0.15) is 50.2 Å². The summed E-state index contributed by atoms with van der Waals surface area (Å²) in [5.41, 5.74) is 3.71. The van der Waals surface area contributed by atoms with Crippen molar-refractivity contribution in [2.45, 2.75) is 37.5 Å². The summed E-state index contributed by atoms with van der Waals surface area (Å²) in [6.07, 6.45) is 4.27. The number of Topliss-reactive ketones (excluding diaryl/α,β-unsaturated/α-hetero) is 1. The van der Waals surface area contributed by atoms with Crippen molar-refractivity contribution in [2.24, 2.45) is 0 Å². The van der Waals surface area contributed by atoms with Gasteiger partial charge in [-0.25, -0.2) is 13.2 Å². The number of carbonyl (C=O) groups is 2. The van der Waals surface area contributed by atoms with Gasteiger partial charge in [0.05, 0.1) is 23.7 Å². The highest BCUT2D eigenvalue weighted by molar-refractivity contribution is 7.89. The van der Waals surface area contributed by atoms with Gasteiger partial charge in [0.1, 0.15) is 0 Å². The van der Waals surface area contributed by atoms with E-state index in [1.165, 1.54) is 27.6 Å². The molecule has 2 aliphatic rings. The average molecular weight is 458 g/mol. The Bertz CT molecular complexity index is 1140. The van der Waals surface area contributed by atoms with Crippen molar-refractivity contribution in [1.82, 2.24) is 4.31 Å². The number of rotatable bonds is 6. The van der Waals surface area contributed by atoms with Crippen LogP contribution < -0.4 is 0 Å². The molecule has 2 aromatic carbocycles. The Kier molecular flexibility index (Phi) is 6.74. The standard InChI is InChI=1S/C24H27NO6S/c1-17-6-9-21(32(28,29)25-10-12-30-13-11-25)15-22(17)24(27)31-16-23(26)20-8-7-18-4-2-3-5-19(18)14-20/h6-9,14-15H,2-5,10-13,16H2,1H3. The van der Waals surface area contributed by atoms with Crippen LogP contribution in [0, 0.1) is 6.92 Å². The zero-order chi connectivity index (χ0) is 22.7. The molecule has 7 nitrogen and oxygen atoms in total. The molecule has 0 aromatic heterocycles. The van der Waals surface area contributed by atoms with Crippen LogP contribution in [-0.2, 0) is 32.3 Å². The number of aryl methyl sites for hydroxylation is 3. The Balaban J connectivity index is 1.46. The van der Waals surface area contributed by atoms with Crippen molar-refractivity contribution < 1.29 is 27.5 Å². The molecule has 1 saturated heterocycles. The minimum Gasteiger partial charge on any atom is -0.454 e. The van der Waals surface area contributed by atoms with Crippen molar-refractivity contribution in [1.29, 1.82) is 0 Å². The minimum absolute atomic E-state index is 0.0259. The van der Waals surface area contributed by atoms with Crippen molar-refractivity contribution in [3.63, 3.8) is 0 Å². The van der Waals surface area contributed by atoms with Crippen LogP contribution in [-0.4, -0.2) is 57.4 Å². The smallest absolute Gasteiger partial charge is 0.338 e. The first kappa shape index (κ1) is 22.6. The molecule has 2 aromatic rings. The third kappa shape index (κ3) is 4.77. The normalized spacial score (nSPS) is 16.9. The number of hydrogen-bond acceptors (Lipinski definition) is 6. The lowest BCUT2D eigenvalue weighted by atomic mass is 9.90. The number of fused-ring (bicyclic) bond motifs is 1. The number of ketones is 1. The van der Waals surface area contributed by atoms with Crippen LogP contribution in [0.3, 0.4) is 0 Å². The highest BCUT2D eigenvalue weighted by Crippen LogP contribution is 2.23. The van der Waals surface area contributed by atoms with Crippen LogP contribution >= 0.6 is 0 Å². The maximum Gasteiger partial charge on any atom is 0.338 e. The molecule has 0 saturated carbocycles. The Morgan fingerprint density at radius 2 is 1.72 bits per heavy atom. The molecule has 0 atom stereocenters. The van der Waals surface area contributed by atoms with Gasteiger partial charge in [0.2, 0.25) is 10.0 Å². The highest BCUT2D eigenvalue weighted by Gasteiger charge is 2.27. The van der Waals surface area contributed by atoms with Crippen LogP contribution in [0.4, 0.5) is 0 Å². The monoisotopic (exact) mass is 457 g/mol. The molecule has 1 aliphatic heterocycles. The van der Waals surface area contributed by atoms with Crippen LogP contribution in [0.2, 0.25) is 0 Å². The summed E-state index contributed by atoms with van der Waals surface area (Å²) in [7, 11) is -3.74. The van der Waals surface area contributed by atoms with E-state index in [0.29, 0.717) is 24.3 Å². The summed E-state index contributed by atoms with van der Waals surface area (Å²) in [4.78, 5) is 25.3. The SMILES string of the molecule is Cc1ccc(S(=O)(=O)N2CCOCC2)cc1C(=O)OCC(=O)c1ccc2c(c1)CCCC2. The predicted octanol–water partition coefficient (Wildman–Crippen LogP) is 2.93. The van der Waals surface area contributed by atoms with E-state index in [1.54, 1.807) is 19.1 Å². The van der Waals surface area contributed by atoms with Crippen molar-refractivity contribution >= 4 is 21.8 Å². The number of hydrogen-bond donors (Lipinski definition) is 0. The van der Waals surface area contributed by atoms with Gasteiger partial charge in [-0.15, -0.1) is 0 Å². The molecule has 32 heavy (non-hydrogen) atoms. The Hall–Kier alpha value is -2.55. The van der Waals surface area contributed by atoms with E-state index in [2.05, 4.69) is 0 Å². The van der Waals surface area contributed by atoms with Gasteiger partial charge in [0, 0.05) is 18.7 Å². The number of esters is 1. The second-order valence-electron chi connectivity index (χ2n) is 8.18. The molecular weight excluding hydrogens is 430 g/mol. The van der Waals surface area contributed by atoms with E-state index in [1.807, 2.05) is 12.1 Å². The first-order valence-electron chi connectivity index (χ1n) is 10.9. The molecule has 4 rings (SSSR count). The maximum absolute atomic E-state index is 12.9. The van der Waals surface area contributed by atoms with E-state index >= 15 is 0 Å². The second-order valence-corrected chi connectivity index (χ2v) is 10.1. The van der Waals surface area contributed by atoms with Gasteiger partial charge in [-0.3, -0.25) is 4.79 Å². The summed E-state index contributed by atoms with van der Waals surface area (Å²) >= 11 is 0. The lowest BCUT2D eigenvalue weighted by Gasteiger charge is -2.26. The molecule has 0 N–H and O–H groups in total. The topological polar surface area (TPSA) is 90.0 Å². The predicted molar refractivity (Wildman–Crippen MR) is 118 cm³/mol. The van der Waals surface area contributed by atoms with E-state index < -0.39 is 22.6 Å². The van der Waals surface area contributed by atoms with Gasteiger partial charge >= 0.3 is 5.97 Å². The number of sulfonamides is 1. The zero-order valence-corrected chi connectivity index (χ0v) is 18.9. The van der Waals surface area contributed by atoms with Crippen molar-refractivity contribution in [3.8, 4) is 0 Å². The molecule has 0 amide bonds. The fourth-order valence-electron chi connectivity index (χ4n) is 4.12. The second kappa shape index (κ2) is 9.52. The number of carbonyl (C=O) groups excluding carboxylic acids is 2. The summed E-state index contributed by atoms with van der Waals surface area (Å²) in [6.45, 7) is 2.52. The Morgan fingerprint density at radius 1 is 1.00 bits per heavy atom. The third-order valence-electron chi connectivity index (χ3n) is 6.04. The number of ether oxygens (including phenoxy) is 2. The van der Waals surface area contributed by atoms with Crippen molar-refractivity contribution in [3.05, 3.63) is 64.2 Å². The van der Waals surface area contributed by atoms with Gasteiger partial charge in [-0.1, -0.05) is 18.2 Å². The van der Waals surface area contributed by atoms with E-state index in [-0.39, 0.29) is 29.3 Å². The van der Waals surface area contributed by atoms with Crippen LogP contribution in [0.15, 0.2) is 41.3 Å². The van der Waals surface area contributed by atoms with Gasteiger partial charge in [0.25, 0.3) is 0 Å². The lowest BCUT2D eigenvalue weighted by Crippen LogP contribution is -2.40. The third-order valence-corrected chi connectivity index (χ3v) is 7.94. The van der Waals surface area contributed by atoms with Gasteiger partial charge in [-0.05, 0) is 67.5 Å².